The molecule has 0 aliphatic carbocycles. The van der Waals surface area contributed by atoms with Gasteiger partial charge in [0.15, 0.2) is 0 Å². The van der Waals surface area contributed by atoms with Crippen LogP contribution in [-0.4, -0.2) is 29.5 Å². The summed E-state index contributed by atoms with van der Waals surface area (Å²) in [7, 11) is 1.68. The highest BCUT2D eigenvalue weighted by Crippen LogP contribution is 2.17. The Morgan fingerprint density at radius 1 is 1.35 bits per heavy atom. The summed E-state index contributed by atoms with van der Waals surface area (Å²) in [5, 5.41) is 0. The summed E-state index contributed by atoms with van der Waals surface area (Å²) in [5.74, 6) is 0.853. The molecule has 2 heterocycles. The number of carbonyl (C=O) groups is 1. The van der Waals surface area contributed by atoms with Gasteiger partial charge in [0.1, 0.15) is 5.82 Å². The number of hydrogen-bond donors (Lipinski definition) is 0. The highest BCUT2D eigenvalue weighted by Gasteiger charge is 2.15. The topological polar surface area (TPSA) is 55.3 Å². The molecule has 0 saturated heterocycles. The fourth-order valence-electron chi connectivity index (χ4n) is 1.63. The number of ether oxygens (including phenoxy) is 1. The molecule has 0 N–H and O–H groups in total. The van der Waals surface area contributed by atoms with E-state index >= 15 is 0 Å². The van der Waals surface area contributed by atoms with Crippen LogP contribution in [0.25, 0.3) is 0 Å². The molecule has 0 aromatic carbocycles. The van der Waals surface area contributed by atoms with Gasteiger partial charge in [-0.25, -0.2) is 9.97 Å². The van der Waals surface area contributed by atoms with Gasteiger partial charge in [0.2, 0.25) is 5.88 Å². The van der Waals surface area contributed by atoms with Gasteiger partial charge in [-0.2, -0.15) is 0 Å². The Morgan fingerprint density at radius 2 is 2.15 bits per heavy atom. The van der Waals surface area contributed by atoms with Crippen molar-refractivity contribution in [1.29, 1.82) is 0 Å². The molecule has 104 valence electrons. The molecule has 6 heteroatoms. The third-order valence-electron chi connectivity index (χ3n) is 2.63. The predicted molar refractivity (Wildman–Crippen MR) is 80.1 cm³/mol. The van der Waals surface area contributed by atoms with Crippen LogP contribution >= 0.6 is 15.9 Å². The molecular formula is C14H14BrN3O2. The fraction of sp³-hybridized carbons (Fsp3) is 0.214. The number of nitrogens with zero attached hydrogens (tertiary/aromatic N) is 3. The quantitative estimate of drug-likeness (QED) is 0.861. The summed E-state index contributed by atoms with van der Waals surface area (Å²) in [6.07, 6.45) is 3.21. The third kappa shape index (κ3) is 3.33. The lowest BCUT2D eigenvalue weighted by molar-refractivity contribution is 0.0991. The summed E-state index contributed by atoms with van der Waals surface area (Å²) >= 11 is 3.31. The van der Waals surface area contributed by atoms with E-state index in [1.165, 1.54) is 4.90 Å². The molecule has 0 radical (unpaired) electrons. The molecule has 2 aromatic heterocycles. The monoisotopic (exact) mass is 335 g/mol. The van der Waals surface area contributed by atoms with Crippen LogP contribution in [0.2, 0.25) is 0 Å². The summed E-state index contributed by atoms with van der Waals surface area (Å²) in [6.45, 7) is 2.38. The van der Waals surface area contributed by atoms with Crippen molar-refractivity contribution in [2.45, 2.75) is 6.92 Å². The molecule has 0 saturated carbocycles. The number of amides is 1. The van der Waals surface area contributed by atoms with Gasteiger partial charge in [0.25, 0.3) is 5.91 Å². The SMILES string of the molecule is CCOc1cc(C(=O)N(C)c2ccc(Br)cn2)ccn1. The lowest BCUT2D eigenvalue weighted by Crippen LogP contribution is -2.27. The average Bonchev–Trinajstić information content (AvgIpc) is 2.47. The minimum atomic E-state index is -0.164. The molecule has 2 aromatic rings. The zero-order chi connectivity index (χ0) is 14.5. The molecule has 1 amide bonds. The summed E-state index contributed by atoms with van der Waals surface area (Å²) in [4.78, 5) is 22.1. The van der Waals surface area contributed by atoms with Gasteiger partial charge >= 0.3 is 0 Å². The second-order valence-corrected chi connectivity index (χ2v) is 4.93. The average molecular weight is 336 g/mol. The van der Waals surface area contributed by atoms with E-state index in [-0.39, 0.29) is 5.91 Å². The lowest BCUT2D eigenvalue weighted by Gasteiger charge is -2.16. The van der Waals surface area contributed by atoms with E-state index in [9.17, 15) is 4.79 Å². The van der Waals surface area contributed by atoms with Crippen LogP contribution in [0, 0.1) is 0 Å². The Kier molecular flexibility index (Phi) is 4.68. The Labute approximate surface area is 125 Å². The van der Waals surface area contributed by atoms with Crippen molar-refractivity contribution >= 4 is 27.7 Å². The Bertz CT molecular complexity index is 602. The molecule has 0 unspecified atom stereocenters. The summed E-state index contributed by atoms with van der Waals surface area (Å²) in [6, 6.07) is 6.89. The van der Waals surface area contributed by atoms with Crippen molar-refractivity contribution in [3.05, 3.63) is 46.7 Å². The number of hydrogen-bond acceptors (Lipinski definition) is 4. The maximum atomic E-state index is 12.4. The molecule has 0 aliphatic heterocycles. The molecule has 0 aliphatic rings. The van der Waals surface area contributed by atoms with Crippen LogP contribution in [0.15, 0.2) is 41.1 Å². The van der Waals surface area contributed by atoms with Gasteiger partial charge in [-0.15, -0.1) is 0 Å². The number of carbonyl (C=O) groups excluding carboxylic acids is 1. The van der Waals surface area contributed by atoms with Crippen LogP contribution < -0.4 is 9.64 Å². The van der Waals surface area contributed by atoms with Crippen LogP contribution in [-0.2, 0) is 0 Å². The van der Waals surface area contributed by atoms with Crippen molar-refractivity contribution in [3.8, 4) is 5.88 Å². The minimum absolute atomic E-state index is 0.164. The maximum Gasteiger partial charge on any atom is 0.259 e. The van der Waals surface area contributed by atoms with Crippen molar-refractivity contribution < 1.29 is 9.53 Å². The standard InChI is InChI=1S/C14H14BrN3O2/c1-3-20-13-8-10(6-7-16-13)14(19)18(2)12-5-4-11(15)9-17-12/h4-9H,3H2,1-2H3. The van der Waals surface area contributed by atoms with Gasteiger partial charge in [0.05, 0.1) is 6.61 Å². The first-order valence-corrected chi connectivity index (χ1v) is 6.89. The normalized spacial score (nSPS) is 10.2. The highest BCUT2D eigenvalue weighted by molar-refractivity contribution is 9.10. The predicted octanol–water partition coefficient (Wildman–Crippen LogP) is 2.91. The summed E-state index contributed by atoms with van der Waals surface area (Å²) in [5.41, 5.74) is 0.510. The first-order chi connectivity index (χ1) is 9.61. The first kappa shape index (κ1) is 14.5. The molecule has 2 rings (SSSR count). The number of rotatable bonds is 4. The minimum Gasteiger partial charge on any atom is -0.478 e. The van der Waals surface area contributed by atoms with E-state index in [1.54, 1.807) is 37.6 Å². The van der Waals surface area contributed by atoms with E-state index in [0.29, 0.717) is 23.9 Å². The van der Waals surface area contributed by atoms with Gasteiger partial charge in [-0.3, -0.25) is 9.69 Å². The Hall–Kier alpha value is -1.95. The fourth-order valence-corrected chi connectivity index (χ4v) is 1.87. The number of anilines is 1. The number of halogens is 1. The lowest BCUT2D eigenvalue weighted by atomic mass is 10.2. The zero-order valence-electron chi connectivity index (χ0n) is 11.2. The van der Waals surface area contributed by atoms with Gasteiger partial charge in [-0.1, -0.05) is 0 Å². The van der Waals surface area contributed by atoms with Gasteiger partial charge in [0, 0.05) is 35.5 Å². The molecule has 20 heavy (non-hydrogen) atoms. The molecule has 0 bridgehead atoms. The summed E-state index contributed by atoms with van der Waals surface area (Å²) < 4.78 is 6.16. The van der Waals surface area contributed by atoms with Crippen LogP contribution in [0.5, 0.6) is 5.88 Å². The Morgan fingerprint density at radius 3 is 2.80 bits per heavy atom. The van der Waals surface area contributed by atoms with E-state index < -0.39 is 0 Å². The molecular weight excluding hydrogens is 322 g/mol. The van der Waals surface area contributed by atoms with Crippen LogP contribution in [0.1, 0.15) is 17.3 Å². The number of pyridine rings is 2. The van der Waals surface area contributed by atoms with Crippen molar-refractivity contribution in [1.82, 2.24) is 9.97 Å². The highest BCUT2D eigenvalue weighted by atomic mass is 79.9. The smallest absolute Gasteiger partial charge is 0.259 e. The van der Waals surface area contributed by atoms with E-state index in [2.05, 4.69) is 25.9 Å². The molecule has 5 nitrogen and oxygen atoms in total. The first-order valence-electron chi connectivity index (χ1n) is 6.10. The van der Waals surface area contributed by atoms with Gasteiger partial charge < -0.3 is 4.74 Å². The zero-order valence-corrected chi connectivity index (χ0v) is 12.8. The van der Waals surface area contributed by atoms with Crippen molar-refractivity contribution in [3.63, 3.8) is 0 Å². The van der Waals surface area contributed by atoms with Crippen LogP contribution in [0.4, 0.5) is 5.82 Å². The molecule has 0 spiro atoms. The second kappa shape index (κ2) is 6.47. The molecule has 0 atom stereocenters. The van der Waals surface area contributed by atoms with Crippen LogP contribution in [0.3, 0.4) is 0 Å². The third-order valence-corrected chi connectivity index (χ3v) is 3.10. The van der Waals surface area contributed by atoms with Crippen molar-refractivity contribution in [2.75, 3.05) is 18.6 Å². The van der Waals surface area contributed by atoms with Crippen molar-refractivity contribution in [2.24, 2.45) is 0 Å². The van der Waals surface area contributed by atoms with E-state index in [1.807, 2.05) is 13.0 Å². The molecule has 0 fully saturated rings. The van der Waals surface area contributed by atoms with E-state index in [0.717, 1.165) is 4.47 Å². The maximum absolute atomic E-state index is 12.4. The second-order valence-electron chi connectivity index (χ2n) is 4.01. The van der Waals surface area contributed by atoms with E-state index in [4.69, 9.17) is 4.74 Å². The Balaban J connectivity index is 2.21. The van der Waals surface area contributed by atoms with Gasteiger partial charge in [-0.05, 0) is 41.1 Å². The largest absolute Gasteiger partial charge is 0.478 e. The number of aromatic nitrogens is 2.